The highest BCUT2D eigenvalue weighted by molar-refractivity contribution is 5.73. The molecular formula is C15H25NO3. The van der Waals surface area contributed by atoms with Crippen molar-refractivity contribution >= 4 is 5.97 Å². The molecule has 1 N–H and O–H groups in total. The highest BCUT2D eigenvalue weighted by Gasteiger charge is 2.26. The Labute approximate surface area is 115 Å². The van der Waals surface area contributed by atoms with Gasteiger partial charge < -0.3 is 9.52 Å². The Bertz CT molecular complexity index is 371. The van der Waals surface area contributed by atoms with Gasteiger partial charge in [-0.2, -0.15) is 0 Å². The van der Waals surface area contributed by atoms with Crippen molar-refractivity contribution in [1.82, 2.24) is 4.90 Å². The quantitative estimate of drug-likeness (QED) is 0.697. The molecule has 0 aliphatic carbocycles. The third kappa shape index (κ3) is 5.47. The molecule has 0 amide bonds. The zero-order valence-electron chi connectivity index (χ0n) is 12.2. The maximum Gasteiger partial charge on any atom is 0.309 e. The molecule has 0 aromatic carbocycles. The summed E-state index contributed by atoms with van der Waals surface area (Å²) in [5.74, 6) is 0.267. The van der Waals surface area contributed by atoms with Crippen molar-refractivity contribution in [3.63, 3.8) is 0 Å². The van der Waals surface area contributed by atoms with Gasteiger partial charge in [0.15, 0.2) is 0 Å². The van der Waals surface area contributed by atoms with Crippen LogP contribution < -0.4 is 0 Å². The summed E-state index contributed by atoms with van der Waals surface area (Å²) < 4.78 is 5.34. The van der Waals surface area contributed by atoms with E-state index in [1.54, 1.807) is 20.1 Å². The van der Waals surface area contributed by atoms with Crippen molar-refractivity contribution in [2.75, 3.05) is 13.1 Å². The molecule has 1 aromatic rings. The lowest BCUT2D eigenvalue weighted by Gasteiger charge is -2.21. The minimum Gasteiger partial charge on any atom is -0.481 e. The van der Waals surface area contributed by atoms with Gasteiger partial charge in [-0.25, -0.2) is 0 Å². The molecule has 0 saturated carbocycles. The Morgan fingerprint density at radius 1 is 1.42 bits per heavy atom. The van der Waals surface area contributed by atoms with Gasteiger partial charge in [0.25, 0.3) is 0 Å². The highest BCUT2D eigenvalue weighted by Crippen LogP contribution is 2.23. The van der Waals surface area contributed by atoms with Crippen LogP contribution in [0, 0.1) is 5.41 Å². The Kier molecular flexibility index (Phi) is 6.09. The number of rotatable bonds is 9. The molecule has 1 aromatic heterocycles. The van der Waals surface area contributed by atoms with Crippen LogP contribution in [0.5, 0.6) is 0 Å². The smallest absolute Gasteiger partial charge is 0.309 e. The number of carboxylic acid groups (broad SMARTS) is 1. The van der Waals surface area contributed by atoms with Crippen molar-refractivity contribution in [2.24, 2.45) is 5.41 Å². The van der Waals surface area contributed by atoms with E-state index in [0.717, 1.165) is 44.7 Å². The lowest BCUT2D eigenvalue weighted by molar-refractivity contribution is -0.147. The van der Waals surface area contributed by atoms with Crippen LogP contribution in [-0.2, 0) is 11.3 Å². The number of unbranched alkanes of at least 4 members (excludes halogenated alkanes) is 1. The number of carbonyl (C=O) groups is 1. The highest BCUT2D eigenvalue weighted by atomic mass is 16.4. The fourth-order valence-corrected chi connectivity index (χ4v) is 1.98. The molecule has 108 valence electrons. The average Bonchev–Trinajstić information content (AvgIpc) is 2.85. The minimum atomic E-state index is -0.713. The summed E-state index contributed by atoms with van der Waals surface area (Å²) in [6.07, 6.45) is 4.37. The molecule has 0 aliphatic heterocycles. The number of carboxylic acids is 1. The third-order valence-electron chi connectivity index (χ3n) is 3.51. The maximum absolute atomic E-state index is 11.0. The van der Waals surface area contributed by atoms with Crippen molar-refractivity contribution in [1.29, 1.82) is 0 Å². The molecule has 0 atom stereocenters. The van der Waals surface area contributed by atoms with E-state index in [1.807, 2.05) is 12.1 Å². The first-order valence-electron chi connectivity index (χ1n) is 6.94. The van der Waals surface area contributed by atoms with Crippen molar-refractivity contribution in [2.45, 2.75) is 46.6 Å². The minimum absolute atomic E-state index is 0.613. The maximum atomic E-state index is 11.0. The van der Waals surface area contributed by atoms with Crippen LogP contribution >= 0.6 is 0 Å². The lowest BCUT2D eigenvalue weighted by atomic mass is 9.87. The van der Waals surface area contributed by atoms with Crippen molar-refractivity contribution in [3.05, 3.63) is 24.2 Å². The second-order valence-corrected chi connectivity index (χ2v) is 5.59. The molecule has 0 radical (unpaired) electrons. The van der Waals surface area contributed by atoms with Crippen LogP contribution in [0.1, 0.15) is 45.8 Å². The van der Waals surface area contributed by atoms with Gasteiger partial charge in [-0.1, -0.05) is 13.3 Å². The van der Waals surface area contributed by atoms with E-state index < -0.39 is 11.4 Å². The van der Waals surface area contributed by atoms with Gasteiger partial charge in [0, 0.05) is 0 Å². The SMILES string of the molecule is CCN(CCCCC(C)(C)C(=O)O)Cc1ccco1. The largest absolute Gasteiger partial charge is 0.481 e. The number of furan rings is 1. The molecule has 1 heterocycles. The molecular weight excluding hydrogens is 242 g/mol. The molecule has 0 unspecified atom stereocenters. The van der Waals surface area contributed by atoms with Crippen LogP contribution in [0.3, 0.4) is 0 Å². The van der Waals surface area contributed by atoms with E-state index in [1.165, 1.54) is 0 Å². The van der Waals surface area contributed by atoms with Crippen LogP contribution in [-0.4, -0.2) is 29.1 Å². The van der Waals surface area contributed by atoms with Gasteiger partial charge in [-0.05, 0) is 51.9 Å². The number of hydrogen-bond donors (Lipinski definition) is 1. The van der Waals surface area contributed by atoms with E-state index in [2.05, 4.69) is 11.8 Å². The Hall–Kier alpha value is -1.29. The second kappa shape index (κ2) is 7.34. The predicted octanol–water partition coefficient (Wildman–Crippen LogP) is 3.38. The summed E-state index contributed by atoms with van der Waals surface area (Å²) >= 11 is 0. The first-order valence-corrected chi connectivity index (χ1v) is 6.94. The first kappa shape index (κ1) is 15.8. The molecule has 0 aliphatic rings. The Balaban J connectivity index is 2.25. The zero-order chi connectivity index (χ0) is 14.3. The van der Waals surface area contributed by atoms with Gasteiger partial charge >= 0.3 is 5.97 Å². The molecule has 0 saturated heterocycles. The number of aliphatic carboxylic acids is 1. The standard InChI is InChI=1S/C15H25NO3/c1-4-16(12-13-8-7-11-19-13)10-6-5-9-15(2,3)14(17)18/h7-8,11H,4-6,9-10,12H2,1-3H3,(H,17,18). The summed E-state index contributed by atoms with van der Waals surface area (Å²) in [5.41, 5.74) is -0.613. The molecule has 4 heteroatoms. The lowest BCUT2D eigenvalue weighted by Crippen LogP contribution is -2.26. The van der Waals surface area contributed by atoms with Crippen LogP contribution in [0.15, 0.2) is 22.8 Å². The predicted molar refractivity (Wildman–Crippen MR) is 74.9 cm³/mol. The fraction of sp³-hybridized carbons (Fsp3) is 0.667. The van der Waals surface area contributed by atoms with E-state index in [9.17, 15) is 4.79 Å². The van der Waals surface area contributed by atoms with Crippen LogP contribution in [0.2, 0.25) is 0 Å². The average molecular weight is 267 g/mol. The molecule has 0 spiro atoms. The second-order valence-electron chi connectivity index (χ2n) is 5.59. The summed E-state index contributed by atoms with van der Waals surface area (Å²) in [4.78, 5) is 13.3. The summed E-state index contributed by atoms with van der Waals surface area (Å²) in [7, 11) is 0. The van der Waals surface area contributed by atoms with Gasteiger partial charge in [0.1, 0.15) is 5.76 Å². The van der Waals surface area contributed by atoms with Gasteiger partial charge in [-0.3, -0.25) is 9.69 Å². The topological polar surface area (TPSA) is 53.7 Å². The van der Waals surface area contributed by atoms with E-state index >= 15 is 0 Å². The monoisotopic (exact) mass is 267 g/mol. The molecule has 19 heavy (non-hydrogen) atoms. The molecule has 4 nitrogen and oxygen atoms in total. The zero-order valence-corrected chi connectivity index (χ0v) is 12.2. The van der Waals surface area contributed by atoms with Gasteiger partial charge in [0.2, 0.25) is 0 Å². The van der Waals surface area contributed by atoms with Gasteiger partial charge in [-0.15, -0.1) is 0 Å². The van der Waals surface area contributed by atoms with Crippen LogP contribution in [0.4, 0.5) is 0 Å². The number of hydrogen-bond acceptors (Lipinski definition) is 3. The van der Waals surface area contributed by atoms with Gasteiger partial charge in [0.05, 0.1) is 18.2 Å². The Morgan fingerprint density at radius 3 is 2.68 bits per heavy atom. The van der Waals surface area contributed by atoms with E-state index in [4.69, 9.17) is 9.52 Å². The fourth-order valence-electron chi connectivity index (χ4n) is 1.98. The molecule has 0 fully saturated rings. The summed E-state index contributed by atoms with van der Waals surface area (Å²) in [5, 5.41) is 9.04. The van der Waals surface area contributed by atoms with E-state index in [-0.39, 0.29) is 0 Å². The van der Waals surface area contributed by atoms with Crippen molar-refractivity contribution in [3.8, 4) is 0 Å². The first-order chi connectivity index (χ1) is 8.95. The summed E-state index contributed by atoms with van der Waals surface area (Å²) in [6.45, 7) is 8.48. The number of nitrogens with zero attached hydrogens (tertiary/aromatic N) is 1. The van der Waals surface area contributed by atoms with E-state index in [0.29, 0.717) is 0 Å². The van der Waals surface area contributed by atoms with Crippen molar-refractivity contribution < 1.29 is 14.3 Å². The summed E-state index contributed by atoms with van der Waals surface area (Å²) in [6, 6.07) is 3.88. The third-order valence-corrected chi connectivity index (χ3v) is 3.51. The normalized spacial score (nSPS) is 12.0. The molecule has 0 bridgehead atoms. The Morgan fingerprint density at radius 2 is 2.16 bits per heavy atom. The molecule has 1 rings (SSSR count). The van der Waals surface area contributed by atoms with Crippen LogP contribution in [0.25, 0.3) is 0 Å².